The third kappa shape index (κ3) is 1.24. The van der Waals surface area contributed by atoms with Crippen molar-refractivity contribution < 1.29 is 9.90 Å². The van der Waals surface area contributed by atoms with Crippen molar-refractivity contribution in [3.8, 4) is 0 Å². The lowest BCUT2D eigenvalue weighted by atomic mass is 10.1. The van der Waals surface area contributed by atoms with Crippen molar-refractivity contribution in [3.63, 3.8) is 0 Å². The van der Waals surface area contributed by atoms with Crippen LogP contribution in [0.25, 0.3) is 27.1 Å². The van der Waals surface area contributed by atoms with Crippen molar-refractivity contribution in [3.05, 3.63) is 51.8 Å². The highest BCUT2D eigenvalue weighted by atomic mass is 16.4. The molecular weight excluding hydrogens is 228 g/mol. The predicted molar refractivity (Wildman–Crippen MR) is 70.8 cm³/mol. The van der Waals surface area contributed by atoms with E-state index < -0.39 is 5.97 Å². The molecule has 88 valence electrons. The quantitative estimate of drug-likeness (QED) is 0.703. The Hall–Kier alpha value is -2.42. The van der Waals surface area contributed by atoms with E-state index in [0.29, 0.717) is 10.6 Å². The minimum absolute atomic E-state index is 0.101. The van der Waals surface area contributed by atoms with Crippen molar-refractivity contribution in [1.29, 1.82) is 0 Å². The fourth-order valence-electron chi connectivity index (χ4n) is 2.47. The first-order valence-electron chi connectivity index (χ1n) is 5.62. The van der Waals surface area contributed by atoms with E-state index in [-0.39, 0.29) is 11.0 Å². The smallest absolute Gasteiger partial charge is 0.332 e. The summed E-state index contributed by atoms with van der Waals surface area (Å²) < 4.78 is 0. The number of aliphatic carboxylic acids is 1. The van der Waals surface area contributed by atoms with Crippen LogP contribution in [0.15, 0.2) is 41.2 Å². The zero-order chi connectivity index (χ0) is 12.9. The van der Waals surface area contributed by atoms with Gasteiger partial charge in [-0.3, -0.25) is 4.79 Å². The highest BCUT2D eigenvalue weighted by Crippen LogP contribution is 2.22. The number of rotatable bonds is 1. The van der Waals surface area contributed by atoms with Crippen LogP contribution in [0, 0.1) is 0 Å². The minimum atomic E-state index is -1.05. The van der Waals surface area contributed by atoms with Gasteiger partial charge in [0, 0.05) is 21.6 Å². The molecule has 0 radical (unpaired) electrons. The van der Waals surface area contributed by atoms with Crippen molar-refractivity contribution in [2.45, 2.75) is 6.92 Å². The van der Waals surface area contributed by atoms with E-state index in [9.17, 15) is 9.59 Å². The van der Waals surface area contributed by atoms with E-state index in [0.717, 1.165) is 16.2 Å². The monoisotopic (exact) mass is 238 g/mol. The summed E-state index contributed by atoms with van der Waals surface area (Å²) in [6, 6.07) is 11.1. The summed E-state index contributed by atoms with van der Waals surface area (Å²) in [7, 11) is 0. The fraction of sp³-hybridized carbons (Fsp3) is 0.0667. The molecule has 3 nitrogen and oxygen atoms in total. The van der Waals surface area contributed by atoms with Gasteiger partial charge in [-0.1, -0.05) is 36.4 Å². The third-order valence-corrected chi connectivity index (χ3v) is 3.34. The Morgan fingerprint density at radius 3 is 2.28 bits per heavy atom. The molecule has 0 spiro atoms. The molecule has 0 amide bonds. The molecule has 0 aliphatic rings. The van der Waals surface area contributed by atoms with Crippen LogP contribution in [0.1, 0.15) is 6.92 Å². The second-order valence-electron chi connectivity index (χ2n) is 4.34. The van der Waals surface area contributed by atoms with Crippen molar-refractivity contribution in [2.24, 2.45) is 0 Å². The molecule has 3 aromatic carbocycles. The highest BCUT2D eigenvalue weighted by molar-refractivity contribution is 6.16. The maximum atomic E-state index is 12.3. The number of carboxylic acids is 1. The van der Waals surface area contributed by atoms with Crippen LogP contribution in [0.4, 0.5) is 0 Å². The summed E-state index contributed by atoms with van der Waals surface area (Å²) in [6.45, 7) is 1.47. The molecule has 0 aromatic heterocycles. The van der Waals surface area contributed by atoms with Gasteiger partial charge in [-0.2, -0.15) is 0 Å². The summed E-state index contributed by atoms with van der Waals surface area (Å²) in [5.74, 6) is -1.05. The van der Waals surface area contributed by atoms with Gasteiger partial charge in [0.2, 0.25) is 0 Å². The Morgan fingerprint density at radius 2 is 1.67 bits per heavy atom. The molecule has 0 atom stereocenters. The summed E-state index contributed by atoms with van der Waals surface area (Å²) in [6.07, 6.45) is 0. The molecule has 0 saturated carbocycles. The number of carbonyl (C=O) groups is 1. The molecule has 18 heavy (non-hydrogen) atoms. The SMILES string of the molecule is C/C(C(=O)O)=c1/c(=O)c2cccc3cccc1c32. The van der Waals surface area contributed by atoms with Crippen molar-refractivity contribution in [2.75, 3.05) is 0 Å². The van der Waals surface area contributed by atoms with Gasteiger partial charge in [-0.05, 0) is 17.7 Å². The molecule has 0 heterocycles. The predicted octanol–water partition coefficient (Wildman–Crippen LogP) is 1.77. The second-order valence-corrected chi connectivity index (χ2v) is 4.34. The standard InChI is InChI=1S/C15H10O3/c1-8(15(17)18)12-10-6-2-4-9-5-3-7-11(13(9)10)14(12)16/h2-7H,1H3,(H,17,18)/b12-8-. The van der Waals surface area contributed by atoms with Crippen LogP contribution >= 0.6 is 0 Å². The lowest BCUT2D eigenvalue weighted by Crippen LogP contribution is -2.24. The topological polar surface area (TPSA) is 54.4 Å². The molecule has 0 saturated heterocycles. The first kappa shape index (κ1) is 10.7. The van der Waals surface area contributed by atoms with Crippen molar-refractivity contribution in [1.82, 2.24) is 0 Å². The molecule has 3 aromatic rings. The lowest BCUT2D eigenvalue weighted by molar-refractivity contribution is -0.130. The molecule has 0 bridgehead atoms. The molecule has 0 fully saturated rings. The number of carboxylic acid groups (broad SMARTS) is 1. The van der Waals surface area contributed by atoms with Crippen LogP contribution < -0.4 is 10.6 Å². The van der Waals surface area contributed by atoms with Crippen LogP contribution in [-0.4, -0.2) is 11.1 Å². The first-order chi connectivity index (χ1) is 8.61. The van der Waals surface area contributed by atoms with Gasteiger partial charge in [0.15, 0.2) is 5.43 Å². The van der Waals surface area contributed by atoms with E-state index in [4.69, 9.17) is 5.11 Å². The Kier molecular flexibility index (Phi) is 2.10. The third-order valence-electron chi connectivity index (χ3n) is 3.34. The van der Waals surface area contributed by atoms with Crippen LogP contribution in [0.2, 0.25) is 0 Å². The highest BCUT2D eigenvalue weighted by Gasteiger charge is 2.14. The summed E-state index contributed by atoms with van der Waals surface area (Å²) in [4.78, 5) is 23.4. The van der Waals surface area contributed by atoms with E-state index in [1.807, 2.05) is 24.3 Å². The molecule has 0 aliphatic heterocycles. The number of hydrogen-bond acceptors (Lipinski definition) is 2. The van der Waals surface area contributed by atoms with E-state index in [1.54, 1.807) is 12.1 Å². The summed E-state index contributed by atoms with van der Waals surface area (Å²) in [5.41, 5.74) is -0.0922. The molecule has 3 rings (SSSR count). The van der Waals surface area contributed by atoms with Gasteiger partial charge in [0.1, 0.15) is 0 Å². The Balaban J connectivity index is 2.76. The average molecular weight is 238 g/mol. The van der Waals surface area contributed by atoms with Gasteiger partial charge in [-0.25, -0.2) is 4.79 Å². The van der Waals surface area contributed by atoms with Crippen LogP contribution in [0.5, 0.6) is 0 Å². The molecular formula is C15H10O3. The Labute approximate surface area is 102 Å². The number of hydrogen-bond donors (Lipinski definition) is 1. The molecule has 1 N–H and O–H groups in total. The van der Waals surface area contributed by atoms with E-state index in [2.05, 4.69) is 0 Å². The maximum absolute atomic E-state index is 12.3. The Morgan fingerprint density at radius 1 is 1.06 bits per heavy atom. The van der Waals surface area contributed by atoms with Crippen LogP contribution in [-0.2, 0) is 4.79 Å². The summed E-state index contributed by atoms with van der Waals surface area (Å²) >= 11 is 0. The normalized spacial score (nSPS) is 13.2. The first-order valence-corrected chi connectivity index (χ1v) is 5.62. The average Bonchev–Trinajstić information content (AvgIpc) is 2.65. The maximum Gasteiger partial charge on any atom is 0.332 e. The Bertz CT molecular complexity index is 872. The van der Waals surface area contributed by atoms with Gasteiger partial charge in [-0.15, -0.1) is 0 Å². The largest absolute Gasteiger partial charge is 0.478 e. The molecule has 0 unspecified atom stereocenters. The van der Waals surface area contributed by atoms with Gasteiger partial charge < -0.3 is 5.11 Å². The molecule has 3 heteroatoms. The lowest BCUT2D eigenvalue weighted by Gasteiger charge is -1.96. The molecule has 0 aliphatic carbocycles. The van der Waals surface area contributed by atoms with E-state index in [1.165, 1.54) is 6.92 Å². The van der Waals surface area contributed by atoms with Gasteiger partial charge >= 0.3 is 5.97 Å². The van der Waals surface area contributed by atoms with Crippen molar-refractivity contribution >= 4 is 33.1 Å². The minimum Gasteiger partial charge on any atom is -0.478 e. The van der Waals surface area contributed by atoms with Gasteiger partial charge in [0.05, 0.1) is 0 Å². The summed E-state index contributed by atoms with van der Waals surface area (Å²) in [5, 5.41) is 12.6. The van der Waals surface area contributed by atoms with Crippen LogP contribution in [0.3, 0.4) is 0 Å². The van der Waals surface area contributed by atoms with E-state index >= 15 is 0 Å². The fourth-order valence-corrected chi connectivity index (χ4v) is 2.47. The van der Waals surface area contributed by atoms with Gasteiger partial charge in [0.25, 0.3) is 0 Å². The second kappa shape index (κ2) is 3.53. The zero-order valence-electron chi connectivity index (χ0n) is 9.73. The zero-order valence-corrected chi connectivity index (χ0v) is 9.73. The number of benzene rings is 2.